The maximum Gasteiger partial charge on any atom is 0.145 e. The van der Waals surface area contributed by atoms with E-state index in [2.05, 4.69) is 0 Å². The van der Waals surface area contributed by atoms with Crippen LogP contribution in [0.25, 0.3) is 6.08 Å². The van der Waals surface area contributed by atoms with Crippen LogP contribution in [0.5, 0.6) is 5.75 Å². The van der Waals surface area contributed by atoms with Crippen LogP contribution in [-0.2, 0) is 0 Å². The largest absolute Gasteiger partial charge is 0.505 e. The Hall–Kier alpha value is -1.48. The highest BCUT2D eigenvalue weighted by atomic mass is 16.3. The van der Waals surface area contributed by atoms with Gasteiger partial charge in [0.05, 0.1) is 5.69 Å². The summed E-state index contributed by atoms with van der Waals surface area (Å²) in [4.78, 5) is 0. The van der Waals surface area contributed by atoms with Gasteiger partial charge < -0.3 is 16.6 Å². The Morgan fingerprint density at radius 2 is 2.17 bits per heavy atom. The van der Waals surface area contributed by atoms with E-state index in [0.29, 0.717) is 17.8 Å². The van der Waals surface area contributed by atoms with Gasteiger partial charge in [-0.2, -0.15) is 0 Å². The lowest BCUT2D eigenvalue weighted by atomic mass is 10.1. The minimum atomic E-state index is 0.113. The number of nitrogen functional groups attached to an aromatic ring is 1. The molecule has 5 N–H and O–H groups in total. The molecule has 0 saturated carbocycles. The second kappa shape index (κ2) is 3.78. The maximum atomic E-state index is 9.41. The van der Waals surface area contributed by atoms with Crippen LogP contribution in [0.4, 0.5) is 5.69 Å². The van der Waals surface area contributed by atoms with Crippen LogP contribution >= 0.6 is 0 Å². The SMILES string of the molecule is NCC=Cc1cccc(N)c1O. The third-order valence-electron chi connectivity index (χ3n) is 1.53. The highest BCUT2D eigenvalue weighted by Crippen LogP contribution is 2.25. The van der Waals surface area contributed by atoms with Gasteiger partial charge in [0.2, 0.25) is 0 Å². The summed E-state index contributed by atoms with van der Waals surface area (Å²) < 4.78 is 0. The predicted molar refractivity (Wildman–Crippen MR) is 50.6 cm³/mol. The molecule has 1 rings (SSSR count). The number of phenolic OH excluding ortho intramolecular Hbond substituents is 1. The van der Waals surface area contributed by atoms with Gasteiger partial charge in [-0.15, -0.1) is 0 Å². The van der Waals surface area contributed by atoms with Crippen molar-refractivity contribution in [1.29, 1.82) is 0 Å². The first-order valence-corrected chi connectivity index (χ1v) is 3.69. The summed E-state index contributed by atoms with van der Waals surface area (Å²) in [5.41, 5.74) is 11.8. The van der Waals surface area contributed by atoms with E-state index in [0.717, 1.165) is 0 Å². The van der Waals surface area contributed by atoms with E-state index in [1.54, 1.807) is 30.4 Å². The lowest BCUT2D eigenvalue weighted by Crippen LogP contribution is -1.92. The van der Waals surface area contributed by atoms with Crippen LogP contribution in [-0.4, -0.2) is 11.7 Å². The summed E-state index contributed by atoms with van der Waals surface area (Å²) in [6.07, 6.45) is 3.50. The van der Waals surface area contributed by atoms with Crippen molar-refractivity contribution in [1.82, 2.24) is 0 Å². The van der Waals surface area contributed by atoms with E-state index in [-0.39, 0.29) is 5.75 Å². The van der Waals surface area contributed by atoms with Crippen LogP contribution in [0, 0.1) is 0 Å². The van der Waals surface area contributed by atoms with Crippen molar-refractivity contribution in [2.45, 2.75) is 0 Å². The minimum Gasteiger partial charge on any atom is -0.505 e. The zero-order valence-corrected chi connectivity index (χ0v) is 6.70. The average Bonchev–Trinajstić information content (AvgIpc) is 2.08. The van der Waals surface area contributed by atoms with E-state index in [1.807, 2.05) is 0 Å². The fourth-order valence-corrected chi connectivity index (χ4v) is 0.909. The number of benzene rings is 1. The van der Waals surface area contributed by atoms with Gasteiger partial charge in [0.15, 0.2) is 0 Å². The number of anilines is 1. The van der Waals surface area contributed by atoms with Crippen LogP contribution in [0.2, 0.25) is 0 Å². The molecule has 0 bridgehead atoms. The van der Waals surface area contributed by atoms with Gasteiger partial charge in [-0.25, -0.2) is 0 Å². The molecule has 1 aromatic carbocycles. The van der Waals surface area contributed by atoms with Crippen molar-refractivity contribution in [2.24, 2.45) is 5.73 Å². The first-order valence-electron chi connectivity index (χ1n) is 3.69. The molecule has 1 aromatic rings. The molecular formula is C9H12N2O. The zero-order chi connectivity index (χ0) is 8.97. The summed E-state index contributed by atoms with van der Waals surface area (Å²) in [6.45, 7) is 0.453. The number of para-hydroxylation sites is 1. The maximum absolute atomic E-state index is 9.41. The van der Waals surface area contributed by atoms with Gasteiger partial charge in [-0.1, -0.05) is 24.3 Å². The van der Waals surface area contributed by atoms with Gasteiger partial charge in [-0.3, -0.25) is 0 Å². The van der Waals surface area contributed by atoms with E-state index >= 15 is 0 Å². The Labute approximate surface area is 71.3 Å². The molecule has 64 valence electrons. The molecule has 3 nitrogen and oxygen atoms in total. The van der Waals surface area contributed by atoms with Crippen molar-refractivity contribution in [3.63, 3.8) is 0 Å². The van der Waals surface area contributed by atoms with Crippen molar-refractivity contribution >= 4 is 11.8 Å². The third kappa shape index (κ3) is 1.77. The summed E-state index contributed by atoms with van der Waals surface area (Å²) >= 11 is 0. The molecule has 0 aliphatic heterocycles. The first-order chi connectivity index (χ1) is 5.75. The second-order valence-electron chi connectivity index (χ2n) is 2.42. The van der Waals surface area contributed by atoms with Gasteiger partial charge in [0, 0.05) is 12.1 Å². The average molecular weight is 164 g/mol. The Kier molecular flexibility index (Phi) is 2.71. The zero-order valence-electron chi connectivity index (χ0n) is 6.70. The topological polar surface area (TPSA) is 72.3 Å². The molecule has 0 fully saturated rings. The fraction of sp³-hybridized carbons (Fsp3) is 0.111. The van der Waals surface area contributed by atoms with Crippen molar-refractivity contribution in [3.05, 3.63) is 29.8 Å². The fourth-order valence-electron chi connectivity index (χ4n) is 0.909. The summed E-state index contributed by atoms with van der Waals surface area (Å²) in [7, 11) is 0. The Morgan fingerprint density at radius 1 is 1.42 bits per heavy atom. The summed E-state index contributed by atoms with van der Waals surface area (Å²) in [5, 5.41) is 9.41. The number of nitrogens with two attached hydrogens (primary N) is 2. The van der Waals surface area contributed by atoms with E-state index in [1.165, 1.54) is 0 Å². The highest BCUT2D eigenvalue weighted by Gasteiger charge is 1.98. The third-order valence-corrected chi connectivity index (χ3v) is 1.53. The van der Waals surface area contributed by atoms with E-state index in [4.69, 9.17) is 11.5 Å². The Morgan fingerprint density at radius 3 is 2.83 bits per heavy atom. The van der Waals surface area contributed by atoms with Gasteiger partial charge in [0.1, 0.15) is 5.75 Å². The minimum absolute atomic E-state index is 0.113. The number of hydrogen-bond donors (Lipinski definition) is 3. The highest BCUT2D eigenvalue weighted by molar-refractivity contribution is 5.66. The number of aromatic hydroxyl groups is 1. The second-order valence-corrected chi connectivity index (χ2v) is 2.42. The number of phenols is 1. The molecule has 0 heterocycles. The summed E-state index contributed by atoms with van der Waals surface area (Å²) in [5.74, 6) is 0.113. The molecule has 0 spiro atoms. The standard InChI is InChI=1S/C9H12N2O/c10-6-2-4-7-3-1-5-8(11)9(7)12/h1-5,12H,6,10-11H2. The van der Waals surface area contributed by atoms with E-state index < -0.39 is 0 Å². The molecule has 0 radical (unpaired) electrons. The van der Waals surface area contributed by atoms with Crippen LogP contribution in [0.15, 0.2) is 24.3 Å². The van der Waals surface area contributed by atoms with E-state index in [9.17, 15) is 5.11 Å². The van der Waals surface area contributed by atoms with Crippen LogP contribution < -0.4 is 11.5 Å². The molecule has 0 amide bonds. The Balaban J connectivity index is 3.00. The quantitative estimate of drug-likeness (QED) is 0.450. The number of hydrogen-bond acceptors (Lipinski definition) is 3. The monoisotopic (exact) mass is 164 g/mol. The molecule has 0 saturated heterocycles. The molecule has 0 aliphatic rings. The lowest BCUT2D eigenvalue weighted by Gasteiger charge is -2.01. The Bertz CT molecular complexity index is 295. The van der Waals surface area contributed by atoms with Crippen molar-refractivity contribution in [3.8, 4) is 5.75 Å². The van der Waals surface area contributed by atoms with Crippen molar-refractivity contribution < 1.29 is 5.11 Å². The van der Waals surface area contributed by atoms with Gasteiger partial charge >= 0.3 is 0 Å². The predicted octanol–water partition coefficient (Wildman–Crippen LogP) is 0.946. The normalized spacial score (nSPS) is 10.8. The number of rotatable bonds is 2. The molecule has 3 heteroatoms. The van der Waals surface area contributed by atoms with Gasteiger partial charge in [0.25, 0.3) is 0 Å². The molecule has 0 aromatic heterocycles. The first kappa shape index (κ1) is 8.62. The molecule has 0 aliphatic carbocycles. The lowest BCUT2D eigenvalue weighted by molar-refractivity contribution is 0.476. The molecular weight excluding hydrogens is 152 g/mol. The van der Waals surface area contributed by atoms with Crippen molar-refractivity contribution in [2.75, 3.05) is 12.3 Å². The van der Waals surface area contributed by atoms with Crippen LogP contribution in [0.1, 0.15) is 5.56 Å². The van der Waals surface area contributed by atoms with Crippen LogP contribution in [0.3, 0.4) is 0 Å². The molecule has 12 heavy (non-hydrogen) atoms. The molecule has 0 atom stereocenters. The van der Waals surface area contributed by atoms with Gasteiger partial charge in [-0.05, 0) is 6.07 Å². The summed E-state index contributed by atoms with van der Waals surface area (Å²) in [6, 6.07) is 5.21. The smallest absolute Gasteiger partial charge is 0.145 e. The molecule has 0 unspecified atom stereocenters.